The van der Waals surface area contributed by atoms with Crippen LogP contribution in [0, 0.1) is 0 Å². The van der Waals surface area contributed by atoms with Crippen LogP contribution in [0.15, 0.2) is 53.5 Å². The quantitative estimate of drug-likeness (QED) is 0.878. The number of benzene rings is 2. The van der Waals surface area contributed by atoms with Gasteiger partial charge >= 0.3 is 0 Å². The van der Waals surface area contributed by atoms with Gasteiger partial charge in [0.1, 0.15) is 0 Å². The van der Waals surface area contributed by atoms with E-state index in [4.69, 9.17) is 11.6 Å². The summed E-state index contributed by atoms with van der Waals surface area (Å²) in [4.78, 5) is 16.8. The van der Waals surface area contributed by atoms with Crippen LogP contribution < -0.4 is 5.32 Å². The Kier molecular flexibility index (Phi) is 4.50. The van der Waals surface area contributed by atoms with Crippen LogP contribution in [0.25, 0.3) is 0 Å². The van der Waals surface area contributed by atoms with Crippen LogP contribution in [0.4, 0.5) is 5.69 Å². The van der Waals surface area contributed by atoms with E-state index in [0.717, 1.165) is 16.5 Å². The Morgan fingerprint density at radius 1 is 1.23 bits per heavy atom. The topological polar surface area (TPSA) is 41.5 Å². The van der Waals surface area contributed by atoms with Crippen LogP contribution in [0.5, 0.6) is 0 Å². The summed E-state index contributed by atoms with van der Waals surface area (Å²) in [5.74, 6) is 0.778. The highest BCUT2D eigenvalue weighted by atomic mass is 35.5. The number of anilines is 1. The molecule has 1 atom stereocenters. The lowest BCUT2D eigenvalue weighted by molar-refractivity contribution is 0.102. The SMILES string of the molecule is CC1=NC(c2ccc(NC(=O)c3ccccc3Cl)cc2)CS1. The van der Waals surface area contributed by atoms with E-state index in [9.17, 15) is 4.79 Å². The minimum atomic E-state index is -0.205. The standard InChI is InChI=1S/C17H15ClN2OS/c1-11-19-16(10-22-11)12-6-8-13(9-7-12)20-17(21)14-4-2-3-5-15(14)18/h2-9,16H,10H2,1H3,(H,20,21). The molecule has 0 aromatic heterocycles. The molecule has 2 aromatic rings. The van der Waals surface area contributed by atoms with Crippen LogP contribution in [0.2, 0.25) is 5.02 Å². The fourth-order valence-electron chi connectivity index (χ4n) is 2.30. The zero-order valence-electron chi connectivity index (χ0n) is 12.0. The Balaban J connectivity index is 1.71. The Labute approximate surface area is 138 Å². The maximum absolute atomic E-state index is 12.2. The number of nitrogens with one attached hydrogen (secondary N) is 1. The Hall–Kier alpha value is -1.78. The molecule has 0 saturated carbocycles. The van der Waals surface area contributed by atoms with E-state index in [0.29, 0.717) is 10.6 Å². The first-order valence-corrected chi connectivity index (χ1v) is 8.33. The molecule has 22 heavy (non-hydrogen) atoms. The van der Waals surface area contributed by atoms with Gasteiger partial charge in [0.25, 0.3) is 5.91 Å². The molecule has 0 spiro atoms. The molecule has 1 heterocycles. The van der Waals surface area contributed by atoms with E-state index in [1.807, 2.05) is 31.2 Å². The minimum absolute atomic E-state index is 0.205. The zero-order valence-corrected chi connectivity index (χ0v) is 13.6. The summed E-state index contributed by atoms with van der Waals surface area (Å²) in [6.45, 7) is 2.03. The Morgan fingerprint density at radius 3 is 2.59 bits per heavy atom. The van der Waals surface area contributed by atoms with Crippen molar-refractivity contribution in [1.82, 2.24) is 0 Å². The first-order chi connectivity index (χ1) is 10.6. The van der Waals surface area contributed by atoms with Gasteiger partial charge in [-0.15, -0.1) is 11.8 Å². The van der Waals surface area contributed by atoms with Gasteiger partial charge in [0, 0.05) is 11.4 Å². The first-order valence-electron chi connectivity index (χ1n) is 6.96. The number of hydrogen-bond acceptors (Lipinski definition) is 3. The van der Waals surface area contributed by atoms with Gasteiger partial charge in [-0.3, -0.25) is 9.79 Å². The van der Waals surface area contributed by atoms with Gasteiger partial charge in [-0.05, 0) is 36.8 Å². The summed E-state index contributed by atoms with van der Waals surface area (Å²) in [5.41, 5.74) is 2.39. The van der Waals surface area contributed by atoms with E-state index in [-0.39, 0.29) is 11.9 Å². The molecule has 3 rings (SSSR count). The molecule has 0 aliphatic carbocycles. The number of thioether (sulfide) groups is 1. The number of carbonyl (C=O) groups is 1. The highest BCUT2D eigenvalue weighted by molar-refractivity contribution is 8.14. The van der Waals surface area contributed by atoms with E-state index in [1.54, 1.807) is 36.0 Å². The molecular formula is C17H15ClN2OS. The van der Waals surface area contributed by atoms with Crippen molar-refractivity contribution in [2.24, 2.45) is 4.99 Å². The second-order valence-electron chi connectivity index (χ2n) is 5.03. The van der Waals surface area contributed by atoms with Gasteiger partial charge in [-0.2, -0.15) is 0 Å². The number of nitrogens with zero attached hydrogens (tertiary/aromatic N) is 1. The fourth-order valence-corrected chi connectivity index (χ4v) is 3.39. The molecule has 0 radical (unpaired) electrons. The molecule has 1 N–H and O–H groups in total. The van der Waals surface area contributed by atoms with Crippen molar-refractivity contribution in [3.63, 3.8) is 0 Å². The molecule has 112 valence electrons. The third-order valence-electron chi connectivity index (χ3n) is 3.46. The van der Waals surface area contributed by atoms with Crippen molar-refractivity contribution in [3.05, 3.63) is 64.7 Å². The molecule has 1 aliphatic heterocycles. The second kappa shape index (κ2) is 6.55. The smallest absolute Gasteiger partial charge is 0.257 e. The molecule has 0 bridgehead atoms. The summed E-state index contributed by atoms with van der Waals surface area (Å²) in [5, 5.41) is 4.44. The lowest BCUT2D eigenvalue weighted by Crippen LogP contribution is -2.12. The van der Waals surface area contributed by atoms with E-state index >= 15 is 0 Å². The van der Waals surface area contributed by atoms with E-state index < -0.39 is 0 Å². The van der Waals surface area contributed by atoms with Crippen molar-refractivity contribution >= 4 is 40.0 Å². The van der Waals surface area contributed by atoms with Crippen molar-refractivity contribution in [2.45, 2.75) is 13.0 Å². The lowest BCUT2D eigenvalue weighted by Gasteiger charge is -2.09. The van der Waals surface area contributed by atoms with E-state index in [2.05, 4.69) is 10.3 Å². The second-order valence-corrected chi connectivity index (χ2v) is 6.65. The Morgan fingerprint density at radius 2 is 1.95 bits per heavy atom. The number of amides is 1. The third-order valence-corrected chi connectivity index (χ3v) is 4.79. The molecule has 1 unspecified atom stereocenters. The van der Waals surface area contributed by atoms with Gasteiger partial charge in [0.15, 0.2) is 0 Å². The van der Waals surface area contributed by atoms with Gasteiger partial charge in [-0.1, -0.05) is 35.9 Å². The molecule has 2 aromatic carbocycles. The fraction of sp³-hybridized carbons (Fsp3) is 0.176. The molecule has 0 fully saturated rings. The molecule has 5 heteroatoms. The van der Waals surface area contributed by atoms with Crippen LogP contribution in [-0.4, -0.2) is 16.7 Å². The zero-order chi connectivity index (χ0) is 15.5. The highest BCUT2D eigenvalue weighted by Crippen LogP contribution is 2.30. The van der Waals surface area contributed by atoms with Gasteiger partial charge in [-0.25, -0.2) is 0 Å². The van der Waals surface area contributed by atoms with Crippen molar-refractivity contribution in [2.75, 3.05) is 11.1 Å². The van der Waals surface area contributed by atoms with Gasteiger partial charge in [0.2, 0.25) is 0 Å². The maximum atomic E-state index is 12.2. The summed E-state index contributed by atoms with van der Waals surface area (Å²) in [6, 6.07) is 15.0. The maximum Gasteiger partial charge on any atom is 0.257 e. The van der Waals surface area contributed by atoms with Crippen LogP contribution in [0.1, 0.15) is 28.9 Å². The molecule has 3 nitrogen and oxygen atoms in total. The predicted molar refractivity (Wildman–Crippen MR) is 94.2 cm³/mol. The number of rotatable bonds is 3. The molecular weight excluding hydrogens is 316 g/mol. The summed E-state index contributed by atoms with van der Waals surface area (Å²) >= 11 is 7.81. The third kappa shape index (κ3) is 3.34. The normalized spacial score (nSPS) is 17.2. The molecule has 0 saturated heterocycles. The van der Waals surface area contributed by atoms with Crippen LogP contribution >= 0.6 is 23.4 Å². The number of aliphatic imine (C=N–C) groups is 1. The average Bonchev–Trinajstić information content (AvgIpc) is 2.95. The van der Waals surface area contributed by atoms with Gasteiger partial charge < -0.3 is 5.32 Å². The first kappa shape index (κ1) is 15.1. The summed E-state index contributed by atoms with van der Waals surface area (Å²) < 4.78 is 0. The largest absolute Gasteiger partial charge is 0.322 e. The van der Waals surface area contributed by atoms with Crippen molar-refractivity contribution < 1.29 is 4.79 Å². The number of hydrogen-bond donors (Lipinski definition) is 1. The predicted octanol–water partition coefficient (Wildman–Crippen LogP) is 4.80. The summed E-state index contributed by atoms with van der Waals surface area (Å²) in [7, 11) is 0. The van der Waals surface area contributed by atoms with Crippen LogP contribution in [0.3, 0.4) is 0 Å². The van der Waals surface area contributed by atoms with Crippen LogP contribution in [-0.2, 0) is 0 Å². The average molecular weight is 331 g/mol. The lowest BCUT2D eigenvalue weighted by atomic mass is 10.1. The summed E-state index contributed by atoms with van der Waals surface area (Å²) in [6.07, 6.45) is 0. The van der Waals surface area contributed by atoms with E-state index in [1.165, 1.54) is 5.56 Å². The van der Waals surface area contributed by atoms with Gasteiger partial charge in [0.05, 0.1) is 21.7 Å². The number of halogens is 1. The molecule has 1 aliphatic rings. The molecule has 1 amide bonds. The monoisotopic (exact) mass is 330 g/mol. The highest BCUT2D eigenvalue weighted by Gasteiger charge is 2.17. The minimum Gasteiger partial charge on any atom is -0.322 e. The van der Waals surface area contributed by atoms with Crippen molar-refractivity contribution in [3.8, 4) is 0 Å². The Bertz CT molecular complexity index is 728. The van der Waals surface area contributed by atoms with Crippen molar-refractivity contribution in [1.29, 1.82) is 0 Å². The number of carbonyl (C=O) groups excluding carboxylic acids is 1.